The second kappa shape index (κ2) is 8.13. The average Bonchev–Trinajstić information content (AvgIpc) is 3.10. The van der Waals surface area contributed by atoms with Crippen molar-refractivity contribution in [1.82, 2.24) is 5.32 Å². The van der Waals surface area contributed by atoms with Gasteiger partial charge in [0, 0.05) is 11.3 Å². The van der Waals surface area contributed by atoms with E-state index >= 15 is 0 Å². The molecule has 0 bridgehead atoms. The topological polar surface area (TPSA) is 88.4 Å². The number of aryl methyl sites for hydroxylation is 3. The number of sulfonamides is 1. The molecule has 0 aliphatic rings. The molecule has 29 heavy (non-hydrogen) atoms. The molecule has 0 saturated carbocycles. The summed E-state index contributed by atoms with van der Waals surface area (Å²) in [4.78, 5) is 12.8. The highest BCUT2D eigenvalue weighted by Crippen LogP contribution is 2.21. The van der Waals surface area contributed by atoms with E-state index in [2.05, 4.69) is 10.0 Å². The molecule has 0 fully saturated rings. The highest BCUT2D eigenvalue weighted by atomic mass is 32.2. The van der Waals surface area contributed by atoms with Crippen LogP contribution >= 0.6 is 0 Å². The molecule has 1 heterocycles. The van der Waals surface area contributed by atoms with Crippen molar-refractivity contribution in [3.05, 3.63) is 82.8 Å². The van der Waals surface area contributed by atoms with Gasteiger partial charge in [-0.3, -0.25) is 9.52 Å². The summed E-state index contributed by atoms with van der Waals surface area (Å²) < 4.78 is 33.6. The normalized spacial score (nSPS) is 12.4. The summed E-state index contributed by atoms with van der Waals surface area (Å²) in [6.45, 7) is 7.33. The van der Waals surface area contributed by atoms with Crippen LogP contribution < -0.4 is 10.0 Å². The maximum absolute atomic E-state index is 12.8. The van der Waals surface area contributed by atoms with Gasteiger partial charge in [-0.25, -0.2) is 8.42 Å². The van der Waals surface area contributed by atoms with Crippen molar-refractivity contribution in [2.75, 3.05) is 4.72 Å². The lowest BCUT2D eigenvalue weighted by atomic mass is 10.1. The van der Waals surface area contributed by atoms with E-state index in [1.165, 1.54) is 12.1 Å². The fourth-order valence-electron chi connectivity index (χ4n) is 2.88. The first kappa shape index (κ1) is 20.7. The highest BCUT2D eigenvalue weighted by molar-refractivity contribution is 7.92. The first-order valence-corrected chi connectivity index (χ1v) is 10.7. The van der Waals surface area contributed by atoms with Crippen LogP contribution in [0.25, 0.3) is 0 Å². The SMILES string of the molecule is Cc1ccc(NS(=O)(=O)c2ccc(C)c(C(=O)NC(C)c3ccc(C)o3)c2)cc1. The standard InChI is InChI=1S/C22H24N2O4S/c1-14-5-9-18(10-6-14)24-29(26,27)19-11-7-15(2)20(13-19)22(25)23-17(4)21-12-8-16(3)28-21/h5-13,17,24H,1-4H3,(H,23,25). The van der Waals surface area contributed by atoms with Crippen molar-refractivity contribution in [2.24, 2.45) is 0 Å². The van der Waals surface area contributed by atoms with Crippen LogP contribution in [0.5, 0.6) is 0 Å². The molecule has 2 N–H and O–H groups in total. The van der Waals surface area contributed by atoms with Gasteiger partial charge in [0.1, 0.15) is 11.5 Å². The maximum atomic E-state index is 12.8. The Hall–Kier alpha value is -3.06. The van der Waals surface area contributed by atoms with Gasteiger partial charge in [0.2, 0.25) is 0 Å². The molecule has 1 amide bonds. The minimum absolute atomic E-state index is 0.0234. The molecule has 7 heteroatoms. The molecule has 6 nitrogen and oxygen atoms in total. The van der Waals surface area contributed by atoms with E-state index < -0.39 is 10.0 Å². The Balaban J connectivity index is 1.83. The molecule has 0 radical (unpaired) electrons. The summed E-state index contributed by atoms with van der Waals surface area (Å²) in [5.74, 6) is 1.03. The lowest BCUT2D eigenvalue weighted by Crippen LogP contribution is -2.27. The van der Waals surface area contributed by atoms with Crippen LogP contribution in [0.15, 0.2) is 63.9 Å². The van der Waals surface area contributed by atoms with Crippen molar-refractivity contribution in [3.8, 4) is 0 Å². The number of anilines is 1. The van der Waals surface area contributed by atoms with Gasteiger partial charge in [-0.1, -0.05) is 23.8 Å². The summed E-state index contributed by atoms with van der Waals surface area (Å²) in [6, 6.07) is 14.8. The summed E-state index contributed by atoms with van der Waals surface area (Å²) in [6.07, 6.45) is 0. The number of carbonyl (C=O) groups is 1. The predicted octanol–water partition coefficient (Wildman–Crippen LogP) is 4.50. The van der Waals surface area contributed by atoms with Crippen molar-refractivity contribution >= 4 is 21.6 Å². The molecule has 0 saturated heterocycles. The second-order valence-corrected chi connectivity index (χ2v) is 8.77. The van der Waals surface area contributed by atoms with Crippen LogP contribution in [0.1, 0.15) is 46.0 Å². The number of hydrogen-bond donors (Lipinski definition) is 2. The van der Waals surface area contributed by atoms with Crippen LogP contribution in [-0.4, -0.2) is 14.3 Å². The van der Waals surface area contributed by atoms with Crippen molar-refractivity contribution < 1.29 is 17.6 Å². The van der Waals surface area contributed by atoms with Gasteiger partial charge in [0.25, 0.3) is 15.9 Å². The van der Waals surface area contributed by atoms with Gasteiger partial charge in [0.05, 0.1) is 10.9 Å². The van der Waals surface area contributed by atoms with E-state index in [0.717, 1.165) is 11.3 Å². The first-order chi connectivity index (χ1) is 13.7. The molecule has 2 aromatic carbocycles. The molecular formula is C22H24N2O4S. The number of hydrogen-bond acceptors (Lipinski definition) is 4. The van der Waals surface area contributed by atoms with E-state index in [4.69, 9.17) is 4.42 Å². The Labute approximate surface area is 171 Å². The molecule has 0 spiro atoms. The molecule has 1 atom stereocenters. The van der Waals surface area contributed by atoms with Gasteiger partial charge in [-0.2, -0.15) is 0 Å². The molecule has 3 aromatic rings. The van der Waals surface area contributed by atoms with Crippen LogP contribution in [0.4, 0.5) is 5.69 Å². The molecular weight excluding hydrogens is 388 g/mol. The summed E-state index contributed by atoms with van der Waals surface area (Å²) in [5, 5.41) is 2.85. The quantitative estimate of drug-likeness (QED) is 0.624. The summed E-state index contributed by atoms with van der Waals surface area (Å²) in [5.41, 5.74) is 2.47. The number of benzene rings is 2. The fraction of sp³-hybridized carbons (Fsp3) is 0.227. The zero-order valence-corrected chi connectivity index (χ0v) is 17.6. The summed E-state index contributed by atoms with van der Waals surface area (Å²) in [7, 11) is -3.82. The first-order valence-electron chi connectivity index (χ1n) is 9.23. The molecule has 152 valence electrons. The Morgan fingerprint density at radius 1 is 0.966 bits per heavy atom. The zero-order valence-electron chi connectivity index (χ0n) is 16.8. The van der Waals surface area contributed by atoms with Crippen molar-refractivity contribution in [3.63, 3.8) is 0 Å². The van der Waals surface area contributed by atoms with E-state index in [1.807, 2.05) is 39.0 Å². The fourth-order valence-corrected chi connectivity index (χ4v) is 3.96. The Bertz CT molecular complexity index is 1130. The third-order valence-electron chi connectivity index (χ3n) is 4.60. The minimum atomic E-state index is -3.82. The Morgan fingerprint density at radius 3 is 2.28 bits per heavy atom. The number of amides is 1. The van der Waals surface area contributed by atoms with Crippen LogP contribution in [0.3, 0.4) is 0 Å². The Morgan fingerprint density at radius 2 is 1.66 bits per heavy atom. The van der Waals surface area contributed by atoms with E-state index in [1.54, 1.807) is 31.2 Å². The smallest absolute Gasteiger partial charge is 0.261 e. The third kappa shape index (κ3) is 4.86. The number of rotatable bonds is 6. The highest BCUT2D eigenvalue weighted by Gasteiger charge is 2.20. The number of carbonyl (C=O) groups excluding carboxylic acids is 1. The van der Waals surface area contributed by atoms with Crippen LogP contribution in [-0.2, 0) is 10.0 Å². The van der Waals surface area contributed by atoms with Gasteiger partial charge in [-0.05, 0) is 69.7 Å². The maximum Gasteiger partial charge on any atom is 0.261 e. The monoisotopic (exact) mass is 412 g/mol. The van der Waals surface area contributed by atoms with Gasteiger partial charge in [-0.15, -0.1) is 0 Å². The van der Waals surface area contributed by atoms with Crippen molar-refractivity contribution in [2.45, 2.75) is 38.6 Å². The predicted molar refractivity (Wildman–Crippen MR) is 112 cm³/mol. The molecule has 3 rings (SSSR count). The van der Waals surface area contributed by atoms with Gasteiger partial charge in [0.15, 0.2) is 0 Å². The molecule has 1 unspecified atom stereocenters. The minimum Gasteiger partial charge on any atom is -0.464 e. The third-order valence-corrected chi connectivity index (χ3v) is 5.98. The van der Waals surface area contributed by atoms with E-state index in [9.17, 15) is 13.2 Å². The van der Waals surface area contributed by atoms with Gasteiger partial charge < -0.3 is 9.73 Å². The van der Waals surface area contributed by atoms with Crippen molar-refractivity contribution in [1.29, 1.82) is 0 Å². The van der Waals surface area contributed by atoms with E-state index in [0.29, 0.717) is 22.6 Å². The van der Waals surface area contributed by atoms with Gasteiger partial charge >= 0.3 is 0 Å². The average molecular weight is 413 g/mol. The molecule has 0 aliphatic carbocycles. The van der Waals surface area contributed by atoms with Crippen LogP contribution in [0, 0.1) is 20.8 Å². The number of nitrogens with one attached hydrogen (secondary N) is 2. The molecule has 0 aliphatic heterocycles. The number of furan rings is 1. The summed E-state index contributed by atoms with van der Waals surface area (Å²) >= 11 is 0. The second-order valence-electron chi connectivity index (χ2n) is 7.09. The van der Waals surface area contributed by atoms with Crippen LogP contribution in [0.2, 0.25) is 0 Å². The molecule has 1 aromatic heterocycles. The largest absolute Gasteiger partial charge is 0.464 e. The Kier molecular flexibility index (Phi) is 5.79. The lowest BCUT2D eigenvalue weighted by molar-refractivity contribution is 0.0934. The lowest BCUT2D eigenvalue weighted by Gasteiger charge is -2.14. The van der Waals surface area contributed by atoms with E-state index in [-0.39, 0.29) is 16.8 Å². The zero-order chi connectivity index (χ0) is 21.2.